The number of nitrogens with one attached hydrogen (secondary N) is 1. The summed E-state index contributed by atoms with van der Waals surface area (Å²) in [5.41, 5.74) is 6.67. The second-order valence-corrected chi connectivity index (χ2v) is 5.66. The summed E-state index contributed by atoms with van der Waals surface area (Å²) in [6.07, 6.45) is 9.02. The molecule has 0 atom stereocenters. The van der Waals surface area contributed by atoms with Crippen molar-refractivity contribution in [1.29, 1.82) is 0 Å². The van der Waals surface area contributed by atoms with Gasteiger partial charge < -0.3 is 11.1 Å². The summed E-state index contributed by atoms with van der Waals surface area (Å²) < 4.78 is 0. The molecule has 0 radical (unpaired) electrons. The third-order valence-electron chi connectivity index (χ3n) is 2.97. The molecule has 4 heteroatoms. The summed E-state index contributed by atoms with van der Waals surface area (Å²) in [6, 6.07) is 0. The Balaban J connectivity index is 1.96. The lowest BCUT2D eigenvalue weighted by Gasteiger charge is -2.02. The quantitative estimate of drug-likeness (QED) is 0.607. The molecule has 0 bridgehead atoms. The van der Waals surface area contributed by atoms with Crippen molar-refractivity contribution >= 4 is 11.3 Å². The summed E-state index contributed by atoms with van der Waals surface area (Å²) in [7, 11) is 0. The second-order valence-electron chi connectivity index (χ2n) is 4.72. The number of thiazole rings is 1. The molecule has 0 aliphatic heterocycles. The first-order valence-corrected chi connectivity index (χ1v) is 8.08. The molecule has 0 aliphatic rings. The van der Waals surface area contributed by atoms with Gasteiger partial charge in [0.15, 0.2) is 0 Å². The first kappa shape index (κ1) is 15.6. The minimum atomic E-state index is 0.693. The van der Waals surface area contributed by atoms with Gasteiger partial charge >= 0.3 is 0 Å². The Hall–Kier alpha value is -0.450. The highest BCUT2D eigenvalue weighted by atomic mass is 32.1. The van der Waals surface area contributed by atoms with Crippen molar-refractivity contribution in [1.82, 2.24) is 10.3 Å². The zero-order chi connectivity index (χ0) is 13.1. The zero-order valence-corrected chi connectivity index (χ0v) is 12.4. The van der Waals surface area contributed by atoms with E-state index in [0.29, 0.717) is 6.54 Å². The van der Waals surface area contributed by atoms with Crippen LogP contribution in [0.1, 0.15) is 56.2 Å². The van der Waals surface area contributed by atoms with Crippen molar-refractivity contribution in [3.8, 4) is 0 Å². The van der Waals surface area contributed by atoms with E-state index in [1.807, 2.05) is 0 Å². The monoisotopic (exact) mass is 269 g/mol. The predicted molar refractivity (Wildman–Crippen MR) is 80.0 cm³/mol. The Labute approximate surface area is 115 Å². The van der Waals surface area contributed by atoms with Crippen LogP contribution in [0.15, 0.2) is 5.38 Å². The van der Waals surface area contributed by atoms with Gasteiger partial charge in [0.2, 0.25) is 0 Å². The van der Waals surface area contributed by atoms with Crippen LogP contribution in [0.25, 0.3) is 0 Å². The van der Waals surface area contributed by atoms with Gasteiger partial charge in [0.05, 0.1) is 10.7 Å². The molecule has 1 aromatic rings. The molecule has 0 saturated heterocycles. The number of hydrogen-bond acceptors (Lipinski definition) is 4. The van der Waals surface area contributed by atoms with Crippen LogP contribution in [0.5, 0.6) is 0 Å². The summed E-state index contributed by atoms with van der Waals surface area (Å²) in [5.74, 6) is 0. The molecular weight excluding hydrogens is 242 g/mol. The molecule has 0 spiro atoms. The molecular formula is C14H27N3S. The van der Waals surface area contributed by atoms with Gasteiger partial charge in [0, 0.05) is 18.3 Å². The molecule has 0 aromatic carbocycles. The van der Waals surface area contributed by atoms with Gasteiger partial charge in [-0.25, -0.2) is 4.98 Å². The van der Waals surface area contributed by atoms with Gasteiger partial charge in [-0.05, 0) is 19.5 Å². The lowest BCUT2D eigenvalue weighted by atomic mass is 10.1. The molecule has 0 saturated carbocycles. The highest BCUT2D eigenvalue weighted by Crippen LogP contribution is 2.09. The number of unbranched alkanes of at least 4 members (excludes halogenated alkanes) is 5. The van der Waals surface area contributed by atoms with Gasteiger partial charge in [-0.2, -0.15) is 0 Å². The fourth-order valence-corrected chi connectivity index (χ4v) is 2.73. The van der Waals surface area contributed by atoms with E-state index >= 15 is 0 Å². The van der Waals surface area contributed by atoms with Crippen molar-refractivity contribution in [2.45, 2.75) is 58.4 Å². The first-order chi connectivity index (χ1) is 8.86. The fraction of sp³-hybridized carbons (Fsp3) is 0.786. The fourth-order valence-electron chi connectivity index (χ4n) is 1.92. The van der Waals surface area contributed by atoms with E-state index < -0.39 is 0 Å². The number of nitrogens with zero attached hydrogens (tertiary/aromatic N) is 1. The predicted octanol–water partition coefficient (Wildman–Crippen LogP) is 3.09. The summed E-state index contributed by atoms with van der Waals surface area (Å²) in [6.45, 7) is 4.96. The molecule has 1 aromatic heterocycles. The average Bonchev–Trinajstić information content (AvgIpc) is 2.81. The van der Waals surface area contributed by atoms with E-state index in [0.717, 1.165) is 30.2 Å². The van der Waals surface area contributed by atoms with Crippen LogP contribution in [0.4, 0.5) is 0 Å². The Morgan fingerprint density at radius 1 is 1.22 bits per heavy atom. The smallest absolute Gasteiger partial charge is 0.0941 e. The van der Waals surface area contributed by atoms with Crippen LogP contribution in [-0.2, 0) is 13.0 Å². The minimum Gasteiger partial charge on any atom is -0.330 e. The summed E-state index contributed by atoms with van der Waals surface area (Å²) in [5, 5.41) is 6.76. The largest absolute Gasteiger partial charge is 0.330 e. The van der Waals surface area contributed by atoms with Crippen LogP contribution < -0.4 is 11.1 Å². The van der Waals surface area contributed by atoms with Crippen molar-refractivity contribution in [3.63, 3.8) is 0 Å². The molecule has 1 rings (SSSR count). The van der Waals surface area contributed by atoms with E-state index in [4.69, 9.17) is 5.73 Å². The molecule has 1 heterocycles. The Morgan fingerprint density at radius 2 is 2.00 bits per heavy atom. The zero-order valence-electron chi connectivity index (χ0n) is 11.6. The van der Waals surface area contributed by atoms with Crippen LogP contribution in [0.3, 0.4) is 0 Å². The van der Waals surface area contributed by atoms with Crippen molar-refractivity contribution in [2.24, 2.45) is 5.73 Å². The Kier molecular flexibility index (Phi) is 9.08. The van der Waals surface area contributed by atoms with E-state index in [9.17, 15) is 0 Å². The average molecular weight is 269 g/mol. The summed E-state index contributed by atoms with van der Waals surface area (Å²) >= 11 is 1.72. The highest BCUT2D eigenvalue weighted by Gasteiger charge is 2.00. The van der Waals surface area contributed by atoms with Gasteiger partial charge in [0.1, 0.15) is 0 Å². The van der Waals surface area contributed by atoms with Crippen molar-refractivity contribution in [3.05, 3.63) is 16.1 Å². The van der Waals surface area contributed by atoms with Crippen molar-refractivity contribution in [2.75, 3.05) is 13.1 Å². The molecule has 0 unspecified atom stereocenters. The van der Waals surface area contributed by atoms with E-state index in [-0.39, 0.29) is 0 Å². The Bertz CT molecular complexity index is 299. The molecule has 0 fully saturated rings. The standard InChI is InChI=1S/C14H27N3S/c1-2-3-4-5-6-7-10-16-11-13-12-18-14(17-13)8-9-15/h12,16H,2-11,15H2,1H3. The number of hydrogen-bond donors (Lipinski definition) is 2. The lowest BCUT2D eigenvalue weighted by Crippen LogP contribution is -2.15. The van der Waals surface area contributed by atoms with Crippen molar-refractivity contribution < 1.29 is 0 Å². The van der Waals surface area contributed by atoms with Gasteiger partial charge in [-0.1, -0.05) is 39.0 Å². The highest BCUT2D eigenvalue weighted by molar-refractivity contribution is 7.09. The van der Waals surface area contributed by atoms with Gasteiger partial charge in [-0.3, -0.25) is 0 Å². The molecule has 3 N–H and O–H groups in total. The molecule has 3 nitrogen and oxygen atoms in total. The van der Waals surface area contributed by atoms with Crippen LogP contribution in [0, 0.1) is 0 Å². The molecule has 0 aliphatic carbocycles. The third-order valence-corrected chi connectivity index (χ3v) is 3.93. The Morgan fingerprint density at radius 3 is 2.78 bits per heavy atom. The van der Waals surface area contributed by atoms with Gasteiger partial charge in [-0.15, -0.1) is 11.3 Å². The van der Waals surface area contributed by atoms with E-state index in [1.165, 1.54) is 38.5 Å². The number of nitrogens with two attached hydrogens (primary N) is 1. The van der Waals surface area contributed by atoms with Crippen LogP contribution in [-0.4, -0.2) is 18.1 Å². The second kappa shape index (κ2) is 10.5. The third kappa shape index (κ3) is 7.09. The minimum absolute atomic E-state index is 0.693. The van der Waals surface area contributed by atoms with Gasteiger partial charge in [0.25, 0.3) is 0 Å². The van der Waals surface area contributed by atoms with E-state index in [2.05, 4.69) is 22.6 Å². The number of rotatable bonds is 11. The SMILES string of the molecule is CCCCCCCCNCc1csc(CCN)n1. The summed E-state index contributed by atoms with van der Waals surface area (Å²) in [4.78, 5) is 4.53. The first-order valence-electron chi connectivity index (χ1n) is 7.21. The number of aromatic nitrogens is 1. The maximum Gasteiger partial charge on any atom is 0.0941 e. The van der Waals surface area contributed by atoms with E-state index in [1.54, 1.807) is 11.3 Å². The molecule has 104 valence electrons. The maximum atomic E-state index is 5.51. The maximum absolute atomic E-state index is 5.51. The molecule has 0 amide bonds. The molecule has 18 heavy (non-hydrogen) atoms. The topological polar surface area (TPSA) is 50.9 Å². The lowest BCUT2D eigenvalue weighted by molar-refractivity contribution is 0.569. The normalized spacial score (nSPS) is 11.0. The van der Waals surface area contributed by atoms with Crippen LogP contribution in [0.2, 0.25) is 0 Å². The van der Waals surface area contributed by atoms with Crippen LogP contribution >= 0.6 is 11.3 Å².